The van der Waals surface area contributed by atoms with Crippen LogP contribution in [-0.2, 0) is 21.4 Å². The maximum Gasteiger partial charge on any atom is 0.240 e. The number of rotatable bonds is 7. The largest absolute Gasteiger partial charge is 0.380 e. The van der Waals surface area contributed by atoms with Gasteiger partial charge in [0, 0.05) is 19.7 Å². The molecule has 0 heterocycles. The smallest absolute Gasteiger partial charge is 0.240 e. The summed E-state index contributed by atoms with van der Waals surface area (Å²) in [6.07, 6.45) is 2.10. The number of ether oxygens (including phenoxy) is 1. The molecule has 19 heavy (non-hydrogen) atoms. The zero-order valence-corrected chi connectivity index (χ0v) is 11.8. The van der Waals surface area contributed by atoms with Gasteiger partial charge in [-0.05, 0) is 36.5 Å². The minimum atomic E-state index is -3.50. The van der Waals surface area contributed by atoms with E-state index in [9.17, 15) is 8.42 Å². The van der Waals surface area contributed by atoms with Crippen LogP contribution in [0.3, 0.4) is 0 Å². The Kier molecular flexibility index (Phi) is 4.57. The second-order valence-electron chi connectivity index (χ2n) is 4.88. The highest BCUT2D eigenvalue weighted by atomic mass is 32.2. The molecule has 1 fully saturated rings. The predicted molar refractivity (Wildman–Crippen MR) is 73.0 cm³/mol. The topological polar surface area (TPSA) is 81.4 Å². The van der Waals surface area contributed by atoms with Crippen molar-refractivity contribution in [3.8, 4) is 0 Å². The molecule has 0 saturated heterocycles. The van der Waals surface area contributed by atoms with Crippen molar-refractivity contribution in [3.05, 3.63) is 29.8 Å². The fourth-order valence-corrected chi connectivity index (χ4v) is 3.46. The molecular weight excluding hydrogens is 264 g/mol. The quantitative estimate of drug-likeness (QED) is 0.777. The van der Waals surface area contributed by atoms with Crippen LogP contribution in [-0.4, -0.2) is 28.1 Å². The zero-order valence-electron chi connectivity index (χ0n) is 11.0. The van der Waals surface area contributed by atoms with Gasteiger partial charge in [-0.15, -0.1) is 0 Å². The van der Waals surface area contributed by atoms with Crippen LogP contribution in [0.25, 0.3) is 0 Å². The van der Waals surface area contributed by atoms with Crippen LogP contribution in [0, 0.1) is 5.92 Å². The molecule has 0 bridgehead atoms. The Morgan fingerprint density at radius 3 is 2.79 bits per heavy atom. The molecule has 0 amide bonds. The van der Waals surface area contributed by atoms with Crippen LogP contribution < -0.4 is 10.5 Å². The van der Waals surface area contributed by atoms with E-state index in [2.05, 4.69) is 4.72 Å². The van der Waals surface area contributed by atoms with E-state index < -0.39 is 10.0 Å². The Morgan fingerprint density at radius 1 is 1.47 bits per heavy atom. The molecule has 3 N–H and O–H groups in total. The average molecular weight is 284 g/mol. The lowest BCUT2D eigenvalue weighted by molar-refractivity contribution is 0.184. The number of nitrogens with one attached hydrogen (secondary N) is 1. The van der Waals surface area contributed by atoms with Gasteiger partial charge >= 0.3 is 0 Å². The summed E-state index contributed by atoms with van der Waals surface area (Å²) in [5.74, 6) is 0.391. The van der Waals surface area contributed by atoms with E-state index >= 15 is 0 Å². The Balaban J connectivity index is 2.15. The normalized spacial score (nSPS) is 17.4. The molecule has 1 saturated carbocycles. The second kappa shape index (κ2) is 6.00. The van der Waals surface area contributed by atoms with Crippen molar-refractivity contribution in [2.24, 2.45) is 11.7 Å². The average Bonchev–Trinajstić information content (AvgIpc) is 3.21. The first-order chi connectivity index (χ1) is 9.06. The van der Waals surface area contributed by atoms with Crippen molar-refractivity contribution < 1.29 is 13.2 Å². The lowest BCUT2D eigenvalue weighted by Gasteiger charge is -2.16. The molecular formula is C13H20N2O3S. The van der Waals surface area contributed by atoms with E-state index in [-0.39, 0.29) is 10.9 Å². The number of sulfonamides is 1. The van der Waals surface area contributed by atoms with Gasteiger partial charge in [-0.3, -0.25) is 0 Å². The first kappa shape index (κ1) is 14.5. The minimum absolute atomic E-state index is 0.156. The highest BCUT2D eigenvalue weighted by Crippen LogP contribution is 2.32. The molecule has 0 spiro atoms. The number of hydrogen-bond donors (Lipinski definition) is 2. The molecule has 1 aliphatic carbocycles. The van der Waals surface area contributed by atoms with E-state index in [1.54, 1.807) is 25.3 Å². The maximum atomic E-state index is 12.3. The van der Waals surface area contributed by atoms with Crippen LogP contribution >= 0.6 is 0 Å². The number of benzene rings is 1. The highest BCUT2D eigenvalue weighted by molar-refractivity contribution is 7.89. The third kappa shape index (κ3) is 3.76. The maximum absolute atomic E-state index is 12.3. The van der Waals surface area contributed by atoms with Gasteiger partial charge in [-0.1, -0.05) is 12.1 Å². The molecule has 1 aromatic carbocycles. The summed E-state index contributed by atoms with van der Waals surface area (Å²) in [6, 6.07) is 6.62. The Labute approximate surface area is 114 Å². The van der Waals surface area contributed by atoms with Crippen molar-refractivity contribution in [1.82, 2.24) is 4.72 Å². The van der Waals surface area contributed by atoms with Gasteiger partial charge < -0.3 is 10.5 Å². The Hall–Kier alpha value is -0.950. The zero-order chi connectivity index (χ0) is 13.9. The van der Waals surface area contributed by atoms with Crippen molar-refractivity contribution in [3.63, 3.8) is 0 Å². The summed E-state index contributed by atoms with van der Waals surface area (Å²) in [5, 5.41) is 0. The number of methoxy groups -OCH3 is 1. The molecule has 106 valence electrons. The highest BCUT2D eigenvalue weighted by Gasteiger charge is 2.33. The van der Waals surface area contributed by atoms with E-state index in [0.29, 0.717) is 19.1 Å². The first-order valence-electron chi connectivity index (χ1n) is 6.37. The fourth-order valence-electron chi connectivity index (χ4n) is 2.07. The SMILES string of the molecule is COCc1cccc(S(=O)(=O)NC(CN)C2CC2)c1. The van der Waals surface area contributed by atoms with Crippen LogP contribution in [0.15, 0.2) is 29.2 Å². The summed E-state index contributed by atoms with van der Waals surface area (Å²) in [5.41, 5.74) is 6.46. The molecule has 1 aromatic rings. The summed E-state index contributed by atoms with van der Waals surface area (Å²) < 4.78 is 32.3. The van der Waals surface area contributed by atoms with Crippen LogP contribution in [0.2, 0.25) is 0 Å². The molecule has 2 rings (SSSR count). The van der Waals surface area contributed by atoms with E-state index in [1.807, 2.05) is 6.07 Å². The van der Waals surface area contributed by atoms with Gasteiger partial charge in [0.2, 0.25) is 10.0 Å². The summed E-state index contributed by atoms with van der Waals surface area (Å²) in [6.45, 7) is 0.730. The molecule has 6 heteroatoms. The van der Waals surface area contributed by atoms with E-state index in [1.165, 1.54) is 0 Å². The number of nitrogens with two attached hydrogens (primary N) is 1. The molecule has 1 atom stereocenters. The van der Waals surface area contributed by atoms with Crippen LogP contribution in [0.4, 0.5) is 0 Å². The fraction of sp³-hybridized carbons (Fsp3) is 0.538. The molecule has 0 radical (unpaired) electrons. The van der Waals surface area contributed by atoms with Gasteiger partial charge in [-0.2, -0.15) is 0 Å². The molecule has 5 nitrogen and oxygen atoms in total. The van der Waals surface area contributed by atoms with Gasteiger partial charge in [0.05, 0.1) is 11.5 Å². The lowest BCUT2D eigenvalue weighted by Crippen LogP contribution is -2.41. The summed E-state index contributed by atoms with van der Waals surface area (Å²) in [4.78, 5) is 0.265. The van der Waals surface area contributed by atoms with Crippen molar-refractivity contribution in [2.45, 2.75) is 30.4 Å². The third-order valence-electron chi connectivity index (χ3n) is 3.27. The number of hydrogen-bond acceptors (Lipinski definition) is 4. The summed E-state index contributed by atoms with van der Waals surface area (Å²) in [7, 11) is -1.92. The lowest BCUT2D eigenvalue weighted by atomic mass is 10.2. The minimum Gasteiger partial charge on any atom is -0.380 e. The van der Waals surface area contributed by atoms with Gasteiger partial charge in [-0.25, -0.2) is 13.1 Å². The van der Waals surface area contributed by atoms with Gasteiger partial charge in [0.1, 0.15) is 0 Å². The molecule has 0 aliphatic heterocycles. The molecule has 1 aliphatic rings. The second-order valence-corrected chi connectivity index (χ2v) is 6.60. The standard InChI is InChI=1S/C13H20N2O3S/c1-18-9-10-3-2-4-12(7-10)19(16,17)15-13(8-14)11-5-6-11/h2-4,7,11,13,15H,5-6,8-9,14H2,1H3. The summed E-state index contributed by atoms with van der Waals surface area (Å²) >= 11 is 0. The van der Waals surface area contributed by atoms with Crippen LogP contribution in [0.1, 0.15) is 18.4 Å². The Bertz CT molecular complexity index is 526. The molecule has 0 aromatic heterocycles. The third-order valence-corrected chi connectivity index (χ3v) is 4.76. The van der Waals surface area contributed by atoms with Gasteiger partial charge in [0.15, 0.2) is 0 Å². The van der Waals surface area contributed by atoms with E-state index in [4.69, 9.17) is 10.5 Å². The predicted octanol–water partition coefficient (Wildman–Crippen LogP) is 0.849. The Morgan fingerprint density at radius 2 is 2.21 bits per heavy atom. The van der Waals surface area contributed by atoms with Crippen molar-refractivity contribution in [2.75, 3.05) is 13.7 Å². The monoisotopic (exact) mass is 284 g/mol. The van der Waals surface area contributed by atoms with Crippen molar-refractivity contribution >= 4 is 10.0 Å². The first-order valence-corrected chi connectivity index (χ1v) is 7.85. The molecule has 1 unspecified atom stereocenters. The van der Waals surface area contributed by atoms with E-state index in [0.717, 1.165) is 18.4 Å². The van der Waals surface area contributed by atoms with Gasteiger partial charge in [0.25, 0.3) is 0 Å². The van der Waals surface area contributed by atoms with Crippen molar-refractivity contribution in [1.29, 1.82) is 0 Å². The van der Waals surface area contributed by atoms with Crippen LogP contribution in [0.5, 0.6) is 0 Å².